The van der Waals surface area contributed by atoms with E-state index in [-0.39, 0.29) is 17.3 Å². The Morgan fingerprint density at radius 1 is 1.00 bits per heavy atom. The number of anilines is 3. The topological polar surface area (TPSA) is 141 Å². The highest BCUT2D eigenvalue weighted by molar-refractivity contribution is 6.00. The van der Waals surface area contributed by atoms with Crippen LogP contribution >= 0.6 is 0 Å². The van der Waals surface area contributed by atoms with Gasteiger partial charge < -0.3 is 36.0 Å². The number of hydrogen-bond donors (Lipinski definition) is 5. The molecule has 5 aromatic rings. The molecule has 38 heavy (non-hydrogen) atoms. The summed E-state index contributed by atoms with van der Waals surface area (Å²) in [4.78, 5) is 38.1. The van der Waals surface area contributed by atoms with E-state index in [2.05, 4.69) is 30.5 Å². The molecule has 3 aromatic carbocycles. The molecular formula is C28H27N7O3. The lowest BCUT2D eigenvalue weighted by atomic mass is 10.1. The quantitative estimate of drug-likeness (QED) is 0.244. The number of aromatic nitrogens is 3. The minimum absolute atomic E-state index is 0.232. The fourth-order valence-electron chi connectivity index (χ4n) is 4.69. The van der Waals surface area contributed by atoms with Crippen molar-refractivity contribution in [2.45, 2.75) is 6.54 Å². The van der Waals surface area contributed by atoms with Crippen molar-refractivity contribution in [2.24, 2.45) is 0 Å². The summed E-state index contributed by atoms with van der Waals surface area (Å²) in [6.45, 7) is 3.48. The second-order valence-electron chi connectivity index (χ2n) is 9.18. The number of rotatable bonds is 5. The number of ether oxygens (including phenoxy) is 1. The smallest absolute Gasteiger partial charge is 0.319 e. The Balaban J connectivity index is 1.14. The molecule has 3 heterocycles. The first-order valence-electron chi connectivity index (χ1n) is 12.4. The molecule has 2 amide bonds. The van der Waals surface area contributed by atoms with Gasteiger partial charge >= 0.3 is 6.03 Å². The summed E-state index contributed by atoms with van der Waals surface area (Å²) in [6.07, 6.45) is 0. The molecule has 0 spiro atoms. The molecule has 6 N–H and O–H groups in total. The van der Waals surface area contributed by atoms with Gasteiger partial charge in [0, 0.05) is 41.9 Å². The molecule has 1 aliphatic rings. The lowest BCUT2D eigenvalue weighted by molar-refractivity contribution is 0.122. The third-order valence-electron chi connectivity index (χ3n) is 6.69. The van der Waals surface area contributed by atoms with E-state index in [4.69, 9.17) is 10.5 Å². The number of carbonyl (C=O) groups excluding carboxylic acids is 1. The number of nitrogens with zero attached hydrogens (tertiary/aromatic N) is 2. The minimum Gasteiger partial charge on any atom is -0.396 e. The molecule has 0 bridgehead atoms. The molecule has 0 aliphatic carbocycles. The Bertz CT molecular complexity index is 1690. The van der Waals surface area contributed by atoms with Gasteiger partial charge in [-0.15, -0.1) is 0 Å². The number of hydrogen-bond acceptors (Lipinski definition) is 6. The van der Waals surface area contributed by atoms with Crippen molar-refractivity contribution in [2.75, 3.05) is 42.3 Å². The first-order chi connectivity index (χ1) is 18.5. The standard InChI is InChI=1S/C28H27N7O3/c29-24-20-15-17(16-30-28(37)31-18-6-8-19(9-7-18)35-11-13-38-14-12-35)5-10-21(20)32-25(24)26-27(36)34-23-4-2-1-3-22(23)33-26/h1-10,15,32H,11-14,16,29H2,(H,34,36)(H2,30,31,37). The van der Waals surface area contributed by atoms with Gasteiger partial charge in [-0.3, -0.25) is 4.79 Å². The first kappa shape index (κ1) is 23.6. The maximum absolute atomic E-state index is 12.7. The lowest BCUT2D eigenvalue weighted by Crippen LogP contribution is -2.36. The number of carbonyl (C=O) groups is 1. The summed E-state index contributed by atoms with van der Waals surface area (Å²) in [6, 6.07) is 20.5. The zero-order chi connectivity index (χ0) is 26.1. The van der Waals surface area contributed by atoms with Gasteiger partial charge in [0.05, 0.1) is 35.6 Å². The van der Waals surface area contributed by atoms with E-state index in [1.54, 1.807) is 6.07 Å². The van der Waals surface area contributed by atoms with Crippen molar-refractivity contribution in [3.8, 4) is 11.4 Å². The third-order valence-corrected chi connectivity index (χ3v) is 6.69. The van der Waals surface area contributed by atoms with Gasteiger partial charge in [0.2, 0.25) is 0 Å². The number of amides is 2. The van der Waals surface area contributed by atoms with Crippen molar-refractivity contribution in [1.29, 1.82) is 0 Å². The second kappa shape index (κ2) is 9.91. The molecule has 0 atom stereocenters. The van der Waals surface area contributed by atoms with Crippen molar-refractivity contribution >= 4 is 45.0 Å². The van der Waals surface area contributed by atoms with Crippen LogP contribution in [-0.2, 0) is 11.3 Å². The molecule has 0 radical (unpaired) electrons. The molecule has 1 aliphatic heterocycles. The van der Waals surface area contributed by atoms with E-state index in [0.29, 0.717) is 34.6 Å². The summed E-state index contributed by atoms with van der Waals surface area (Å²) in [7, 11) is 0. The molecule has 1 fully saturated rings. The van der Waals surface area contributed by atoms with Crippen molar-refractivity contribution < 1.29 is 9.53 Å². The molecule has 0 saturated carbocycles. The zero-order valence-electron chi connectivity index (χ0n) is 20.6. The fraction of sp³-hybridized carbons (Fsp3) is 0.179. The van der Waals surface area contributed by atoms with Gasteiger partial charge in [0.1, 0.15) is 0 Å². The van der Waals surface area contributed by atoms with Crippen LogP contribution in [0.5, 0.6) is 0 Å². The zero-order valence-corrected chi connectivity index (χ0v) is 20.6. The highest BCUT2D eigenvalue weighted by Gasteiger charge is 2.16. The second-order valence-corrected chi connectivity index (χ2v) is 9.18. The predicted molar refractivity (Wildman–Crippen MR) is 149 cm³/mol. The molecule has 10 heteroatoms. The number of nitrogen functional groups attached to an aromatic ring is 1. The number of nitrogens with two attached hydrogens (primary N) is 1. The Hall–Kier alpha value is -4.83. The maximum Gasteiger partial charge on any atom is 0.319 e. The first-order valence-corrected chi connectivity index (χ1v) is 12.4. The molecule has 1 saturated heterocycles. The molecule has 6 rings (SSSR count). The van der Waals surface area contributed by atoms with E-state index < -0.39 is 0 Å². The monoisotopic (exact) mass is 509 g/mol. The SMILES string of the molecule is Nc1c(-c2nc3ccccc3[nH]c2=O)[nH]c2ccc(CNC(=O)Nc3ccc(N4CCOCC4)cc3)cc12. The summed E-state index contributed by atoms with van der Waals surface area (Å²) < 4.78 is 5.40. The highest BCUT2D eigenvalue weighted by atomic mass is 16.5. The number of H-pyrrole nitrogens is 2. The van der Waals surface area contributed by atoms with E-state index >= 15 is 0 Å². The summed E-state index contributed by atoms with van der Waals surface area (Å²) in [5.74, 6) is 0. The van der Waals surface area contributed by atoms with Gasteiger partial charge in [0.15, 0.2) is 5.69 Å². The van der Waals surface area contributed by atoms with Crippen LogP contribution in [0.25, 0.3) is 33.3 Å². The van der Waals surface area contributed by atoms with E-state index in [1.807, 2.05) is 60.7 Å². The molecule has 192 valence electrons. The molecular weight excluding hydrogens is 482 g/mol. The van der Waals surface area contributed by atoms with Crippen LogP contribution in [0.4, 0.5) is 21.9 Å². The Morgan fingerprint density at radius 2 is 1.79 bits per heavy atom. The summed E-state index contributed by atoms with van der Waals surface area (Å²) >= 11 is 0. The number of nitrogens with one attached hydrogen (secondary N) is 4. The number of urea groups is 1. The van der Waals surface area contributed by atoms with Gasteiger partial charge in [-0.25, -0.2) is 9.78 Å². The van der Waals surface area contributed by atoms with Crippen LogP contribution < -0.4 is 26.8 Å². The number of aromatic amines is 2. The average Bonchev–Trinajstić information content (AvgIpc) is 3.27. The number of para-hydroxylation sites is 2. The molecule has 10 nitrogen and oxygen atoms in total. The summed E-state index contributed by atoms with van der Waals surface area (Å²) in [5.41, 5.74) is 12.1. The van der Waals surface area contributed by atoms with Crippen LogP contribution in [0, 0.1) is 0 Å². The van der Waals surface area contributed by atoms with Crippen LogP contribution in [0.1, 0.15) is 5.56 Å². The van der Waals surface area contributed by atoms with Crippen LogP contribution in [-0.4, -0.2) is 47.3 Å². The number of fused-ring (bicyclic) bond motifs is 2. The van der Waals surface area contributed by atoms with Crippen molar-refractivity contribution in [3.63, 3.8) is 0 Å². The normalized spacial score (nSPS) is 13.6. The van der Waals surface area contributed by atoms with Crippen LogP contribution in [0.15, 0.2) is 71.5 Å². The van der Waals surface area contributed by atoms with E-state index in [1.165, 1.54) is 0 Å². The highest BCUT2D eigenvalue weighted by Crippen LogP contribution is 2.31. The van der Waals surface area contributed by atoms with Gasteiger partial charge in [0.25, 0.3) is 5.56 Å². The number of morpholine rings is 1. The maximum atomic E-state index is 12.7. The molecule has 2 aromatic heterocycles. The molecule has 0 unspecified atom stereocenters. The van der Waals surface area contributed by atoms with E-state index in [9.17, 15) is 9.59 Å². The lowest BCUT2D eigenvalue weighted by Gasteiger charge is -2.28. The largest absolute Gasteiger partial charge is 0.396 e. The van der Waals surface area contributed by atoms with Crippen LogP contribution in [0.2, 0.25) is 0 Å². The van der Waals surface area contributed by atoms with E-state index in [0.717, 1.165) is 48.5 Å². The fourth-order valence-corrected chi connectivity index (χ4v) is 4.69. The Morgan fingerprint density at radius 3 is 2.61 bits per heavy atom. The van der Waals surface area contributed by atoms with Gasteiger partial charge in [-0.1, -0.05) is 18.2 Å². The third kappa shape index (κ3) is 4.64. The number of benzene rings is 3. The van der Waals surface area contributed by atoms with Gasteiger partial charge in [-0.05, 0) is 54.1 Å². The van der Waals surface area contributed by atoms with Crippen LogP contribution in [0.3, 0.4) is 0 Å². The van der Waals surface area contributed by atoms with Crippen molar-refractivity contribution in [3.05, 3.63) is 82.6 Å². The minimum atomic E-state index is -0.321. The van der Waals surface area contributed by atoms with Crippen molar-refractivity contribution in [1.82, 2.24) is 20.3 Å². The predicted octanol–water partition coefficient (Wildman–Crippen LogP) is 3.81. The summed E-state index contributed by atoms with van der Waals surface area (Å²) in [5, 5.41) is 6.51. The Labute approximate surface area is 217 Å². The Kier molecular flexibility index (Phi) is 6.14. The van der Waals surface area contributed by atoms with Gasteiger partial charge in [-0.2, -0.15) is 0 Å². The average molecular weight is 510 g/mol.